The van der Waals surface area contributed by atoms with Crippen molar-refractivity contribution in [3.05, 3.63) is 29.8 Å². The van der Waals surface area contributed by atoms with Crippen LogP contribution in [0, 0.1) is 5.41 Å². The maximum Gasteiger partial charge on any atom is 0.317 e. The molecule has 2 heterocycles. The molecule has 0 unspecified atom stereocenters. The van der Waals surface area contributed by atoms with Crippen molar-refractivity contribution in [2.75, 3.05) is 29.7 Å². The number of nitrogens with one attached hydrogen (secondary N) is 1. The largest absolute Gasteiger partial charge is 0.334 e. The summed E-state index contributed by atoms with van der Waals surface area (Å²) in [6.07, 6.45) is 1.68. The Morgan fingerprint density at radius 3 is 2.71 bits per heavy atom. The van der Waals surface area contributed by atoms with Crippen molar-refractivity contribution >= 4 is 21.7 Å². The molecule has 132 valence electrons. The molecule has 1 aromatic carbocycles. The molecule has 0 saturated carbocycles. The average Bonchev–Trinajstić information content (AvgIpc) is 3.06. The monoisotopic (exact) mass is 351 g/mol. The Labute approximate surface area is 143 Å². The third kappa shape index (κ3) is 3.66. The minimum absolute atomic E-state index is 0.0558. The van der Waals surface area contributed by atoms with Crippen molar-refractivity contribution in [2.24, 2.45) is 5.41 Å². The zero-order valence-corrected chi connectivity index (χ0v) is 15.1. The van der Waals surface area contributed by atoms with Gasteiger partial charge in [0.05, 0.1) is 11.4 Å². The molecule has 2 aliphatic heterocycles. The lowest BCUT2D eigenvalue weighted by molar-refractivity contribution is 0.203. The summed E-state index contributed by atoms with van der Waals surface area (Å²) < 4.78 is 25.5. The number of carbonyl (C=O) groups is 1. The number of hydrogen-bond acceptors (Lipinski definition) is 3. The number of carbonyl (C=O) groups excluding carboxylic acids is 1. The number of sulfonamides is 1. The first kappa shape index (κ1) is 17.1. The smallest absolute Gasteiger partial charge is 0.317 e. The predicted molar refractivity (Wildman–Crippen MR) is 94.4 cm³/mol. The first-order valence-corrected chi connectivity index (χ1v) is 10.00. The van der Waals surface area contributed by atoms with Crippen LogP contribution in [0.1, 0.15) is 32.3 Å². The van der Waals surface area contributed by atoms with E-state index in [1.54, 1.807) is 6.07 Å². The van der Waals surface area contributed by atoms with Crippen molar-refractivity contribution in [1.82, 2.24) is 10.2 Å². The van der Waals surface area contributed by atoms with Crippen molar-refractivity contribution in [3.8, 4) is 0 Å². The highest BCUT2D eigenvalue weighted by molar-refractivity contribution is 7.93. The van der Waals surface area contributed by atoms with Crippen LogP contribution in [-0.4, -0.2) is 44.7 Å². The summed E-state index contributed by atoms with van der Waals surface area (Å²) in [6, 6.07) is 7.33. The molecule has 2 aliphatic rings. The molecule has 24 heavy (non-hydrogen) atoms. The third-order valence-electron chi connectivity index (χ3n) is 4.71. The van der Waals surface area contributed by atoms with Gasteiger partial charge in [-0.05, 0) is 36.0 Å². The third-order valence-corrected chi connectivity index (χ3v) is 6.58. The number of nitrogens with zero attached hydrogens (tertiary/aromatic N) is 2. The van der Waals surface area contributed by atoms with Crippen molar-refractivity contribution in [2.45, 2.75) is 33.2 Å². The fourth-order valence-corrected chi connectivity index (χ4v) is 4.88. The zero-order valence-electron chi connectivity index (χ0n) is 14.3. The van der Waals surface area contributed by atoms with Crippen LogP contribution in [0.4, 0.5) is 10.5 Å². The van der Waals surface area contributed by atoms with E-state index in [0.29, 0.717) is 25.2 Å². The summed E-state index contributed by atoms with van der Waals surface area (Å²) in [6.45, 7) is 6.81. The summed E-state index contributed by atoms with van der Waals surface area (Å²) in [5, 5.41) is 2.94. The molecule has 0 spiro atoms. The summed E-state index contributed by atoms with van der Waals surface area (Å²) in [5.41, 5.74) is 1.77. The molecule has 0 aromatic heterocycles. The normalized spacial score (nSPS) is 21.9. The second-order valence-electron chi connectivity index (χ2n) is 7.41. The first-order valence-electron chi connectivity index (χ1n) is 8.39. The van der Waals surface area contributed by atoms with Crippen LogP contribution in [0.15, 0.2) is 24.3 Å². The lowest BCUT2D eigenvalue weighted by Gasteiger charge is -2.21. The average molecular weight is 351 g/mol. The van der Waals surface area contributed by atoms with E-state index < -0.39 is 10.0 Å². The van der Waals surface area contributed by atoms with Crippen LogP contribution < -0.4 is 9.62 Å². The van der Waals surface area contributed by atoms with Gasteiger partial charge in [0.25, 0.3) is 0 Å². The Hall–Kier alpha value is -1.76. The van der Waals surface area contributed by atoms with E-state index in [0.717, 1.165) is 25.1 Å². The highest BCUT2D eigenvalue weighted by atomic mass is 32.2. The van der Waals surface area contributed by atoms with E-state index >= 15 is 0 Å². The van der Waals surface area contributed by atoms with Gasteiger partial charge in [-0.2, -0.15) is 0 Å². The lowest BCUT2D eigenvalue weighted by Crippen LogP contribution is -2.38. The Kier molecular flexibility index (Phi) is 4.46. The zero-order chi connectivity index (χ0) is 17.4. The van der Waals surface area contributed by atoms with E-state index in [-0.39, 0.29) is 17.2 Å². The van der Waals surface area contributed by atoms with Gasteiger partial charge in [-0.3, -0.25) is 4.31 Å². The molecule has 2 fully saturated rings. The maximum absolute atomic E-state index is 12.3. The Balaban J connectivity index is 1.62. The Morgan fingerprint density at radius 2 is 2.08 bits per heavy atom. The summed E-state index contributed by atoms with van der Waals surface area (Å²) in [4.78, 5) is 14.1. The van der Waals surface area contributed by atoms with Gasteiger partial charge < -0.3 is 10.2 Å². The Morgan fingerprint density at radius 1 is 1.29 bits per heavy atom. The molecule has 7 heteroatoms. The van der Waals surface area contributed by atoms with Gasteiger partial charge in [0, 0.05) is 26.2 Å². The Bertz CT molecular complexity index is 730. The van der Waals surface area contributed by atoms with Crippen molar-refractivity contribution in [3.63, 3.8) is 0 Å². The number of anilines is 1. The maximum atomic E-state index is 12.3. The van der Waals surface area contributed by atoms with E-state index in [9.17, 15) is 13.2 Å². The molecule has 0 bridgehead atoms. The second-order valence-corrected chi connectivity index (χ2v) is 9.42. The van der Waals surface area contributed by atoms with E-state index in [1.807, 2.05) is 23.1 Å². The molecule has 2 amide bonds. The van der Waals surface area contributed by atoms with Gasteiger partial charge in [-0.15, -0.1) is 0 Å². The fraction of sp³-hybridized carbons (Fsp3) is 0.588. The molecular weight excluding hydrogens is 326 g/mol. The molecular formula is C17H25N3O3S. The van der Waals surface area contributed by atoms with Gasteiger partial charge in [-0.25, -0.2) is 13.2 Å². The molecule has 0 aliphatic carbocycles. The second kappa shape index (κ2) is 6.27. The molecule has 0 atom stereocenters. The van der Waals surface area contributed by atoms with Gasteiger partial charge in [0.15, 0.2) is 0 Å². The van der Waals surface area contributed by atoms with Crippen molar-refractivity contribution in [1.29, 1.82) is 0 Å². The number of benzene rings is 1. The summed E-state index contributed by atoms with van der Waals surface area (Å²) in [7, 11) is -3.18. The standard InChI is InChI=1S/C17H25N3O3S/c1-17(2)7-9-19(13-17)16(21)18-12-14-5-3-6-15(11-14)20-8-4-10-24(20,22)23/h3,5-6,11H,4,7-10,12-13H2,1-2H3,(H,18,21). The molecule has 6 nitrogen and oxygen atoms in total. The quantitative estimate of drug-likeness (QED) is 0.907. The minimum Gasteiger partial charge on any atom is -0.334 e. The number of hydrogen-bond donors (Lipinski definition) is 1. The predicted octanol–water partition coefficient (Wildman–Crippen LogP) is 2.17. The topological polar surface area (TPSA) is 69.7 Å². The highest BCUT2D eigenvalue weighted by Gasteiger charge is 2.32. The van der Waals surface area contributed by atoms with Gasteiger partial charge >= 0.3 is 6.03 Å². The number of amides is 2. The van der Waals surface area contributed by atoms with Gasteiger partial charge in [-0.1, -0.05) is 26.0 Å². The van der Waals surface area contributed by atoms with E-state index in [4.69, 9.17) is 0 Å². The fourth-order valence-electron chi connectivity index (χ4n) is 3.33. The lowest BCUT2D eigenvalue weighted by atomic mass is 9.93. The first-order chi connectivity index (χ1) is 11.3. The molecule has 0 radical (unpaired) electrons. The highest BCUT2D eigenvalue weighted by Crippen LogP contribution is 2.28. The van der Waals surface area contributed by atoms with Crippen LogP contribution >= 0.6 is 0 Å². The van der Waals surface area contributed by atoms with E-state index in [1.165, 1.54) is 4.31 Å². The van der Waals surface area contributed by atoms with Gasteiger partial charge in [0.1, 0.15) is 0 Å². The van der Waals surface area contributed by atoms with Crippen LogP contribution in [0.25, 0.3) is 0 Å². The van der Waals surface area contributed by atoms with Crippen LogP contribution in [0.3, 0.4) is 0 Å². The number of likely N-dealkylation sites (tertiary alicyclic amines) is 1. The molecule has 3 rings (SSSR count). The van der Waals surface area contributed by atoms with Crippen molar-refractivity contribution < 1.29 is 13.2 Å². The molecule has 1 aromatic rings. The van der Waals surface area contributed by atoms with Gasteiger partial charge in [0.2, 0.25) is 10.0 Å². The van der Waals surface area contributed by atoms with Crippen LogP contribution in [0.5, 0.6) is 0 Å². The number of urea groups is 1. The SMILES string of the molecule is CC1(C)CCN(C(=O)NCc2cccc(N3CCCS3(=O)=O)c2)C1. The number of rotatable bonds is 3. The summed E-state index contributed by atoms with van der Waals surface area (Å²) >= 11 is 0. The molecule has 2 saturated heterocycles. The van der Waals surface area contributed by atoms with E-state index in [2.05, 4.69) is 19.2 Å². The summed E-state index contributed by atoms with van der Waals surface area (Å²) in [5.74, 6) is 0.207. The van der Waals surface area contributed by atoms with Crippen LogP contribution in [0.2, 0.25) is 0 Å². The minimum atomic E-state index is -3.18. The van der Waals surface area contributed by atoms with Crippen LogP contribution in [-0.2, 0) is 16.6 Å². The molecule has 1 N–H and O–H groups in total.